The lowest BCUT2D eigenvalue weighted by Crippen LogP contribution is -2.07. The summed E-state index contributed by atoms with van der Waals surface area (Å²) < 4.78 is 23.6. The third kappa shape index (κ3) is 4.55. The fourth-order valence-electron chi connectivity index (χ4n) is 2.61. The smallest absolute Gasteiger partial charge is 0.250 e. The number of hydrogen-bond acceptors (Lipinski definition) is 5. The molecule has 0 spiro atoms. The summed E-state index contributed by atoms with van der Waals surface area (Å²) in [6.45, 7) is 1.91. The van der Waals surface area contributed by atoms with E-state index in [1.807, 2.05) is 6.92 Å². The average molecular weight is 398 g/mol. The summed E-state index contributed by atoms with van der Waals surface area (Å²) >= 11 is 1.36. The molecule has 1 amide bonds. The van der Waals surface area contributed by atoms with Gasteiger partial charge in [-0.3, -0.25) is 10.1 Å². The van der Waals surface area contributed by atoms with Crippen molar-refractivity contribution >= 4 is 28.5 Å². The topological polar surface area (TPSA) is 60.5 Å². The quantitative estimate of drug-likeness (QED) is 0.599. The van der Waals surface area contributed by atoms with Gasteiger partial charge in [0.1, 0.15) is 17.3 Å². The molecule has 0 fully saturated rings. The van der Waals surface area contributed by atoms with Crippen LogP contribution in [-0.4, -0.2) is 25.1 Å². The molecular weight excluding hydrogens is 379 g/mol. The van der Waals surface area contributed by atoms with Crippen LogP contribution in [0.2, 0.25) is 0 Å². The molecule has 3 aromatic rings. The highest BCUT2D eigenvalue weighted by Crippen LogP contribution is 2.30. The van der Waals surface area contributed by atoms with Crippen LogP contribution in [0.3, 0.4) is 0 Å². The lowest BCUT2D eigenvalue weighted by Gasteiger charge is -2.07. The van der Waals surface area contributed by atoms with Crippen molar-refractivity contribution in [3.8, 4) is 22.8 Å². The number of halogens is 1. The first kappa shape index (κ1) is 19.6. The molecule has 0 saturated heterocycles. The molecule has 0 aliphatic rings. The molecule has 0 aliphatic carbocycles. The predicted molar refractivity (Wildman–Crippen MR) is 109 cm³/mol. The zero-order valence-electron chi connectivity index (χ0n) is 15.7. The number of amides is 1. The first-order chi connectivity index (χ1) is 13.5. The van der Waals surface area contributed by atoms with E-state index >= 15 is 0 Å². The van der Waals surface area contributed by atoms with Crippen molar-refractivity contribution in [1.29, 1.82) is 0 Å². The number of aryl methyl sites for hydroxylation is 1. The largest absolute Gasteiger partial charge is 0.497 e. The SMILES string of the molecule is COc1ccc(OC)c(/C=C/C(=O)Nc2nc(-c3ccc(F)cc3)c(C)s2)c1. The molecular formula is C21H19FN2O3S. The van der Waals surface area contributed by atoms with E-state index < -0.39 is 0 Å². The molecule has 0 atom stereocenters. The summed E-state index contributed by atoms with van der Waals surface area (Å²) in [7, 11) is 3.14. The van der Waals surface area contributed by atoms with E-state index in [0.29, 0.717) is 16.6 Å². The van der Waals surface area contributed by atoms with Gasteiger partial charge in [0, 0.05) is 22.1 Å². The molecule has 0 bridgehead atoms. The number of nitrogens with zero attached hydrogens (tertiary/aromatic N) is 1. The summed E-state index contributed by atoms with van der Waals surface area (Å²) in [4.78, 5) is 17.7. The van der Waals surface area contributed by atoms with Gasteiger partial charge in [0.2, 0.25) is 5.91 Å². The van der Waals surface area contributed by atoms with Gasteiger partial charge in [-0.2, -0.15) is 0 Å². The predicted octanol–water partition coefficient (Wildman–Crippen LogP) is 4.93. The highest BCUT2D eigenvalue weighted by atomic mass is 32.1. The number of hydrogen-bond donors (Lipinski definition) is 1. The molecule has 3 rings (SSSR count). The van der Waals surface area contributed by atoms with Gasteiger partial charge in [-0.25, -0.2) is 9.37 Å². The Hall–Kier alpha value is -3.19. The third-order valence-corrected chi connectivity index (χ3v) is 4.88. The highest BCUT2D eigenvalue weighted by Gasteiger charge is 2.11. The first-order valence-corrected chi connectivity index (χ1v) is 9.26. The Labute approximate surface area is 166 Å². The number of ether oxygens (including phenoxy) is 2. The van der Waals surface area contributed by atoms with Gasteiger partial charge in [0.25, 0.3) is 0 Å². The molecule has 28 heavy (non-hydrogen) atoms. The van der Waals surface area contributed by atoms with Crippen LogP contribution >= 0.6 is 11.3 Å². The van der Waals surface area contributed by atoms with Crippen molar-refractivity contribution in [2.24, 2.45) is 0 Å². The van der Waals surface area contributed by atoms with Crippen LogP contribution in [0.1, 0.15) is 10.4 Å². The molecule has 1 aromatic heterocycles. The summed E-state index contributed by atoms with van der Waals surface area (Å²) in [5, 5.41) is 3.23. The maximum absolute atomic E-state index is 13.1. The summed E-state index contributed by atoms with van der Waals surface area (Å²) in [5.41, 5.74) is 2.24. The van der Waals surface area contributed by atoms with E-state index in [0.717, 1.165) is 21.7 Å². The molecule has 1 heterocycles. The molecule has 0 saturated carbocycles. The molecule has 0 aliphatic heterocycles. The van der Waals surface area contributed by atoms with Crippen LogP contribution in [0, 0.1) is 12.7 Å². The fourth-order valence-corrected chi connectivity index (χ4v) is 3.45. The summed E-state index contributed by atoms with van der Waals surface area (Å²) in [5.74, 6) is 0.682. The zero-order valence-corrected chi connectivity index (χ0v) is 16.5. The number of benzene rings is 2. The van der Waals surface area contributed by atoms with E-state index in [1.165, 1.54) is 29.5 Å². The second kappa shape index (κ2) is 8.67. The normalized spacial score (nSPS) is 10.9. The first-order valence-electron chi connectivity index (χ1n) is 8.44. The number of anilines is 1. The Balaban J connectivity index is 1.74. The molecule has 7 heteroatoms. The van der Waals surface area contributed by atoms with Crippen molar-refractivity contribution in [2.45, 2.75) is 6.92 Å². The van der Waals surface area contributed by atoms with E-state index in [4.69, 9.17) is 9.47 Å². The lowest BCUT2D eigenvalue weighted by atomic mass is 10.1. The molecule has 5 nitrogen and oxygen atoms in total. The van der Waals surface area contributed by atoms with Gasteiger partial charge < -0.3 is 9.47 Å². The van der Waals surface area contributed by atoms with Gasteiger partial charge >= 0.3 is 0 Å². The summed E-state index contributed by atoms with van der Waals surface area (Å²) in [6.07, 6.45) is 3.06. The number of rotatable bonds is 6. The van der Waals surface area contributed by atoms with E-state index in [2.05, 4.69) is 10.3 Å². The van der Waals surface area contributed by atoms with Gasteiger partial charge in [0.05, 0.1) is 19.9 Å². The van der Waals surface area contributed by atoms with E-state index in [-0.39, 0.29) is 11.7 Å². The van der Waals surface area contributed by atoms with E-state index in [1.54, 1.807) is 50.6 Å². The Bertz CT molecular complexity index is 1010. The van der Waals surface area contributed by atoms with Crippen molar-refractivity contribution in [3.05, 3.63) is 64.8 Å². The average Bonchev–Trinajstić information content (AvgIpc) is 3.06. The minimum Gasteiger partial charge on any atom is -0.497 e. The van der Waals surface area contributed by atoms with Crippen LogP contribution in [0.4, 0.5) is 9.52 Å². The van der Waals surface area contributed by atoms with Crippen LogP contribution in [0.15, 0.2) is 48.5 Å². The van der Waals surface area contributed by atoms with Crippen molar-refractivity contribution in [3.63, 3.8) is 0 Å². The maximum atomic E-state index is 13.1. The molecule has 144 valence electrons. The molecule has 1 N–H and O–H groups in total. The Morgan fingerprint density at radius 2 is 1.89 bits per heavy atom. The molecule has 2 aromatic carbocycles. The minimum absolute atomic E-state index is 0.303. The number of thiazole rings is 1. The number of methoxy groups -OCH3 is 2. The zero-order chi connectivity index (χ0) is 20.1. The van der Waals surface area contributed by atoms with Crippen LogP contribution < -0.4 is 14.8 Å². The standard InChI is InChI=1S/C21H19FN2O3S/c1-13-20(14-4-7-16(22)8-5-14)24-21(28-13)23-19(25)11-6-15-12-17(26-2)9-10-18(15)27-3/h4-12H,1-3H3,(H,23,24,25)/b11-6+. The molecule has 0 radical (unpaired) electrons. The number of carbonyl (C=O) groups excluding carboxylic acids is 1. The highest BCUT2D eigenvalue weighted by molar-refractivity contribution is 7.16. The number of carbonyl (C=O) groups is 1. The Morgan fingerprint density at radius 3 is 2.57 bits per heavy atom. The van der Waals surface area contributed by atoms with Gasteiger partial charge in [-0.05, 0) is 55.5 Å². The van der Waals surface area contributed by atoms with Crippen LogP contribution in [0.25, 0.3) is 17.3 Å². The molecule has 0 unspecified atom stereocenters. The lowest BCUT2D eigenvalue weighted by molar-refractivity contribution is -0.111. The third-order valence-electron chi connectivity index (χ3n) is 4.00. The summed E-state index contributed by atoms with van der Waals surface area (Å²) in [6, 6.07) is 11.4. The van der Waals surface area contributed by atoms with Crippen LogP contribution in [0.5, 0.6) is 11.5 Å². The fraction of sp³-hybridized carbons (Fsp3) is 0.143. The van der Waals surface area contributed by atoms with E-state index in [9.17, 15) is 9.18 Å². The second-order valence-electron chi connectivity index (χ2n) is 5.86. The Kier molecular flexibility index (Phi) is 6.06. The van der Waals surface area contributed by atoms with Crippen LogP contribution in [-0.2, 0) is 4.79 Å². The van der Waals surface area contributed by atoms with Crippen molar-refractivity contribution < 1.29 is 18.7 Å². The second-order valence-corrected chi connectivity index (χ2v) is 7.06. The monoisotopic (exact) mass is 398 g/mol. The Morgan fingerprint density at radius 1 is 1.14 bits per heavy atom. The maximum Gasteiger partial charge on any atom is 0.250 e. The van der Waals surface area contributed by atoms with Gasteiger partial charge in [-0.1, -0.05) is 0 Å². The van der Waals surface area contributed by atoms with Gasteiger partial charge in [0.15, 0.2) is 5.13 Å². The number of nitrogens with one attached hydrogen (secondary N) is 1. The van der Waals surface area contributed by atoms with Crippen molar-refractivity contribution in [1.82, 2.24) is 4.98 Å². The minimum atomic E-state index is -0.315. The number of aromatic nitrogens is 1. The van der Waals surface area contributed by atoms with Gasteiger partial charge in [-0.15, -0.1) is 11.3 Å². The van der Waals surface area contributed by atoms with Crippen molar-refractivity contribution in [2.75, 3.05) is 19.5 Å².